The van der Waals surface area contributed by atoms with Gasteiger partial charge in [-0.25, -0.2) is 0 Å². The average Bonchev–Trinajstić information content (AvgIpc) is 2.50. The number of aliphatic hydroxyl groups is 2. The highest BCUT2D eigenvalue weighted by molar-refractivity contribution is 5.43. The fraction of sp³-hybridized carbons (Fsp3) is 0.294. The molecule has 0 aliphatic heterocycles. The predicted octanol–water partition coefficient (Wildman–Crippen LogP) is 2.53. The van der Waals surface area contributed by atoms with E-state index in [9.17, 15) is 5.11 Å². The zero-order chi connectivity index (χ0) is 14.2. The Morgan fingerprint density at radius 2 is 1.70 bits per heavy atom. The molecule has 2 aromatic rings. The minimum atomic E-state index is -0.000628. The van der Waals surface area contributed by atoms with Crippen LogP contribution in [0, 0.1) is 0 Å². The Morgan fingerprint density at radius 1 is 0.900 bits per heavy atom. The molecule has 0 bridgehead atoms. The van der Waals surface area contributed by atoms with E-state index in [1.54, 1.807) is 0 Å². The molecule has 0 saturated carbocycles. The van der Waals surface area contributed by atoms with E-state index in [-0.39, 0.29) is 13.2 Å². The molecule has 0 aromatic heterocycles. The maximum absolute atomic E-state index is 9.50. The van der Waals surface area contributed by atoms with Crippen LogP contribution in [0.2, 0.25) is 0 Å². The molecule has 2 N–H and O–H groups in total. The van der Waals surface area contributed by atoms with Crippen LogP contribution in [-0.2, 0) is 13.0 Å². The molecule has 2 rings (SSSR count). The molecular weight excluding hydrogens is 252 g/mol. The third-order valence-corrected chi connectivity index (χ3v) is 3.18. The Morgan fingerprint density at radius 3 is 2.40 bits per heavy atom. The van der Waals surface area contributed by atoms with Crippen molar-refractivity contribution in [3.05, 3.63) is 65.2 Å². The maximum atomic E-state index is 9.50. The SMILES string of the molecule is OCCCOc1cccc(CO)c1Cc1ccccc1. The highest BCUT2D eigenvalue weighted by Crippen LogP contribution is 2.26. The minimum Gasteiger partial charge on any atom is -0.493 e. The first-order valence-corrected chi connectivity index (χ1v) is 6.84. The molecule has 2 aromatic carbocycles. The van der Waals surface area contributed by atoms with Crippen LogP contribution < -0.4 is 4.74 Å². The van der Waals surface area contributed by atoms with Gasteiger partial charge in [0.05, 0.1) is 13.2 Å². The maximum Gasteiger partial charge on any atom is 0.123 e. The summed E-state index contributed by atoms with van der Waals surface area (Å²) in [6.45, 7) is 0.597. The summed E-state index contributed by atoms with van der Waals surface area (Å²) in [7, 11) is 0. The lowest BCUT2D eigenvalue weighted by Gasteiger charge is -2.14. The number of aliphatic hydroxyl groups excluding tert-OH is 2. The van der Waals surface area contributed by atoms with Crippen molar-refractivity contribution in [2.45, 2.75) is 19.4 Å². The Bertz CT molecular complexity index is 523. The normalized spacial score (nSPS) is 10.5. The second-order valence-corrected chi connectivity index (χ2v) is 4.64. The fourth-order valence-corrected chi connectivity index (χ4v) is 2.14. The van der Waals surface area contributed by atoms with E-state index >= 15 is 0 Å². The molecule has 3 heteroatoms. The van der Waals surface area contributed by atoms with Crippen molar-refractivity contribution >= 4 is 0 Å². The van der Waals surface area contributed by atoms with E-state index in [0.717, 1.165) is 23.3 Å². The molecule has 0 unspecified atom stereocenters. The topological polar surface area (TPSA) is 49.7 Å². The molecular formula is C17H20O3. The van der Waals surface area contributed by atoms with Gasteiger partial charge < -0.3 is 14.9 Å². The summed E-state index contributed by atoms with van der Waals surface area (Å²) in [6, 6.07) is 15.8. The van der Waals surface area contributed by atoms with E-state index in [4.69, 9.17) is 9.84 Å². The zero-order valence-electron chi connectivity index (χ0n) is 11.5. The molecule has 3 nitrogen and oxygen atoms in total. The van der Waals surface area contributed by atoms with Gasteiger partial charge in [-0.3, -0.25) is 0 Å². The molecule has 0 radical (unpaired) electrons. The van der Waals surface area contributed by atoms with Crippen LogP contribution in [0.25, 0.3) is 0 Å². The van der Waals surface area contributed by atoms with Crippen molar-refractivity contribution in [2.24, 2.45) is 0 Å². The molecule has 0 atom stereocenters. The van der Waals surface area contributed by atoms with Gasteiger partial charge >= 0.3 is 0 Å². The van der Waals surface area contributed by atoms with Crippen molar-refractivity contribution < 1.29 is 14.9 Å². The fourth-order valence-electron chi connectivity index (χ4n) is 2.14. The Balaban J connectivity index is 2.23. The molecule has 0 aliphatic rings. The lowest BCUT2D eigenvalue weighted by atomic mass is 9.99. The van der Waals surface area contributed by atoms with E-state index in [1.165, 1.54) is 5.56 Å². The average molecular weight is 272 g/mol. The summed E-state index contributed by atoms with van der Waals surface area (Å²) in [5, 5.41) is 18.3. The first kappa shape index (κ1) is 14.6. The van der Waals surface area contributed by atoms with Crippen LogP contribution in [0.15, 0.2) is 48.5 Å². The number of hydrogen-bond acceptors (Lipinski definition) is 3. The number of benzene rings is 2. The summed E-state index contributed by atoms with van der Waals surface area (Å²) in [5.74, 6) is 0.786. The summed E-state index contributed by atoms with van der Waals surface area (Å²) >= 11 is 0. The summed E-state index contributed by atoms with van der Waals surface area (Å²) in [6.07, 6.45) is 1.33. The van der Waals surface area contributed by atoms with Gasteiger partial charge in [-0.1, -0.05) is 42.5 Å². The molecule has 0 saturated heterocycles. The molecule has 0 amide bonds. The highest BCUT2D eigenvalue weighted by Gasteiger charge is 2.10. The van der Waals surface area contributed by atoms with Crippen LogP contribution in [0.5, 0.6) is 5.75 Å². The standard InChI is InChI=1S/C17H20O3/c18-10-5-11-20-17-9-4-8-15(13-19)16(17)12-14-6-2-1-3-7-14/h1-4,6-9,18-19H,5,10-13H2. The first-order valence-electron chi connectivity index (χ1n) is 6.84. The van der Waals surface area contributed by atoms with Crippen molar-refractivity contribution in [3.63, 3.8) is 0 Å². The van der Waals surface area contributed by atoms with E-state index < -0.39 is 0 Å². The summed E-state index contributed by atoms with van der Waals surface area (Å²) in [5.41, 5.74) is 3.08. The quantitative estimate of drug-likeness (QED) is 0.761. The van der Waals surface area contributed by atoms with E-state index in [2.05, 4.69) is 12.1 Å². The molecule has 106 valence electrons. The Kier molecular flexibility index (Phi) is 5.59. The smallest absolute Gasteiger partial charge is 0.123 e. The Hall–Kier alpha value is -1.84. The minimum absolute atomic E-state index is 0.000628. The second kappa shape index (κ2) is 7.68. The first-order chi connectivity index (χ1) is 9.85. The van der Waals surface area contributed by atoms with Crippen molar-refractivity contribution in [1.82, 2.24) is 0 Å². The lowest BCUT2D eigenvalue weighted by molar-refractivity contribution is 0.231. The predicted molar refractivity (Wildman–Crippen MR) is 78.8 cm³/mol. The highest BCUT2D eigenvalue weighted by atomic mass is 16.5. The molecule has 0 spiro atoms. The van der Waals surface area contributed by atoms with Gasteiger partial charge in [-0.15, -0.1) is 0 Å². The third kappa shape index (κ3) is 3.83. The lowest BCUT2D eigenvalue weighted by Crippen LogP contribution is -2.05. The van der Waals surface area contributed by atoms with Gasteiger partial charge in [-0.2, -0.15) is 0 Å². The number of ether oxygens (including phenoxy) is 1. The van der Waals surface area contributed by atoms with Crippen LogP contribution in [0.4, 0.5) is 0 Å². The van der Waals surface area contributed by atoms with Crippen molar-refractivity contribution in [3.8, 4) is 5.75 Å². The van der Waals surface area contributed by atoms with Crippen LogP contribution in [-0.4, -0.2) is 23.4 Å². The van der Waals surface area contributed by atoms with Crippen molar-refractivity contribution in [1.29, 1.82) is 0 Å². The van der Waals surface area contributed by atoms with Gasteiger partial charge in [0.1, 0.15) is 5.75 Å². The van der Waals surface area contributed by atoms with Crippen LogP contribution >= 0.6 is 0 Å². The van der Waals surface area contributed by atoms with Gasteiger partial charge in [0.2, 0.25) is 0 Å². The largest absolute Gasteiger partial charge is 0.493 e. The molecule has 0 aliphatic carbocycles. The summed E-state index contributed by atoms with van der Waals surface area (Å²) in [4.78, 5) is 0. The molecule has 20 heavy (non-hydrogen) atoms. The Labute approximate surface area is 119 Å². The van der Waals surface area contributed by atoms with Gasteiger partial charge in [-0.05, 0) is 17.2 Å². The van der Waals surface area contributed by atoms with Gasteiger partial charge in [0.25, 0.3) is 0 Å². The molecule has 0 fully saturated rings. The van der Waals surface area contributed by atoms with E-state index in [1.807, 2.05) is 36.4 Å². The van der Waals surface area contributed by atoms with Gasteiger partial charge in [0, 0.05) is 25.0 Å². The third-order valence-electron chi connectivity index (χ3n) is 3.18. The van der Waals surface area contributed by atoms with Crippen LogP contribution in [0.3, 0.4) is 0 Å². The van der Waals surface area contributed by atoms with Crippen LogP contribution in [0.1, 0.15) is 23.1 Å². The summed E-state index contributed by atoms with van der Waals surface area (Å²) < 4.78 is 5.72. The molecule has 0 heterocycles. The number of hydrogen-bond donors (Lipinski definition) is 2. The number of rotatable bonds is 7. The van der Waals surface area contributed by atoms with Crippen molar-refractivity contribution in [2.75, 3.05) is 13.2 Å². The van der Waals surface area contributed by atoms with Gasteiger partial charge in [0.15, 0.2) is 0 Å². The monoisotopic (exact) mass is 272 g/mol. The zero-order valence-corrected chi connectivity index (χ0v) is 11.5. The second-order valence-electron chi connectivity index (χ2n) is 4.64. The van der Waals surface area contributed by atoms with E-state index in [0.29, 0.717) is 13.0 Å².